The van der Waals surface area contributed by atoms with E-state index in [1.165, 1.54) is 11.1 Å². The van der Waals surface area contributed by atoms with Crippen LogP contribution in [-0.4, -0.2) is 50.8 Å². The molecule has 9 nitrogen and oxygen atoms in total. The maximum absolute atomic E-state index is 12.6. The number of hydrogen-bond acceptors (Lipinski definition) is 7. The molecule has 12 heteroatoms. The van der Waals surface area contributed by atoms with Gasteiger partial charge in [0.1, 0.15) is 17.2 Å². The number of sulfone groups is 1. The number of carbonyl (C=O) groups excluding carboxylic acids is 1. The molecule has 0 fully saturated rings. The summed E-state index contributed by atoms with van der Waals surface area (Å²) in [5, 5.41) is 0.423. The first-order valence-corrected chi connectivity index (χ1v) is 12.6. The van der Waals surface area contributed by atoms with Crippen molar-refractivity contribution in [2.45, 2.75) is 44.6 Å². The number of benzene rings is 1. The van der Waals surface area contributed by atoms with E-state index >= 15 is 0 Å². The second-order valence-corrected chi connectivity index (χ2v) is 11.3. The van der Waals surface area contributed by atoms with Crippen LogP contribution >= 0.6 is 23.2 Å². The number of rotatable bonds is 3. The monoisotopic (exact) mass is 509 g/mol. The molecule has 0 unspecified atom stereocenters. The molecule has 174 valence electrons. The molecule has 33 heavy (non-hydrogen) atoms. The van der Waals surface area contributed by atoms with Crippen molar-refractivity contribution >= 4 is 39.1 Å². The van der Waals surface area contributed by atoms with Gasteiger partial charge >= 0.3 is 6.09 Å². The fourth-order valence-corrected chi connectivity index (χ4v) is 4.18. The molecule has 0 N–H and O–H groups in total. The largest absolute Gasteiger partial charge is 0.444 e. The summed E-state index contributed by atoms with van der Waals surface area (Å²) < 4.78 is 31.3. The van der Waals surface area contributed by atoms with Gasteiger partial charge in [-0.2, -0.15) is 0 Å². The summed E-state index contributed by atoms with van der Waals surface area (Å²) in [6, 6.07) is 6.65. The maximum atomic E-state index is 12.6. The van der Waals surface area contributed by atoms with Crippen LogP contribution in [0.2, 0.25) is 10.0 Å². The molecular formula is C21H21Cl2N5O4S. The highest BCUT2D eigenvalue weighted by atomic mass is 35.5. The fraction of sp³-hybridized carbons (Fsp3) is 0.333. The molecule has 0 atom stereocenters. The number of nitrogens with zero attached hydrogens (tertiary/aromatic N) is 5. The summed E-state index contributed by atoms with van der Waals surface area (Å²) in [5.41, 5.74) is 1.33. The standard InChI is InChI=1S/C21H21Cl2N5O4S/c1-21(2,3)32-20(29)27-10-15-16(11-27)28(17-7-8-24-19(26-17)33(4,30)31)18(25-15)12-5-6-13(22)14(23)9-12/h5-9H,10-11H2,1-4H3. The van der Waals surface area contributed by atoms with Crippen LogP contribution in [0.25, 0.3) is 17.2 Å². The van der Waals surface area contributed by atoms with E-state index in [0.717, 1.165) is 6.26 Å². The Morgan fingerprint density at radius 3 is 2.45 bits per heavy atom. The molecule has 1 aliphatic rings. The van der Waals surface area contributed by atoms with Gasteiger partial charge in [-0.05, 0) is 45.0 Å². The van der Waals surface area contributed by atoms with Crippen LogP contribution < -0.4 is 0 Å². The van der Waals surface area contributed by atoms with Gasteiger partial charge in [0.25, 0.3) is 0 Å². The lowest BCUT2D eigenvalue weighted by Gasteiger charge is -2.24. The van der Waals surface area contributed by atoms with Crippen LogP contribution in [0, 0.1) is 0 Å². The topological polar surface area (TPSA) is 107 Å². The first-order valence-electron chi connectivity index (χ1n) is 9.91. The van der Waals surface area contributed by atoms with E-state index in [2.05, 4.69) is 9.97 Å². The molecule has 0 aliphatic carbocycles. The van der Waals surface area contributed by atoms with Gasteiger partial charge in [0.2, 0.25) is 15.0 Å². The Balaban J connectivity index is 1.84. The van der Waals surface area contributed by atoms with Crippen molar-refractivity contribution in [1.29, 1.82) is 0 Å². The molecule has 3 aromatic rings. The minimum absolute atomic E-state index is 0.205. The summed E-state index contributed by atoms with van der Waals surface area (Å²) in [5.74, 6) is 0.784. The number of amides is 1. The number of hydrogen-bond donors (Lipinski definition) is 0. The van der Waals surface area contributed by atoms with Gasteiger partial charge in [0.15, 0.2) is 0 Å². The Morgan fingerprint density at radius 2 is 1.82 bits per heavy atom. The number of halogens is 2. The number of fused-ring (bicyclic) bond motifs is 1. The van der Waals surface area contributed by atoms with E-state index in [1.807, 2.05) is 0 Å². The van der Waals surface area contributed by atoms with Crippen LogP contribution in [0.5, 0.6) is 0 Å². The van der Waals surface area contributed by atoms with Crippen LogP contribution in [-0.2, 0) is 27.7 Å². The van der Waals surface area contributed by atoms with Crippen LogP contribution in [0.3, 0.4) is 0 Å². The average Bonchev–Trinajstić information content (AvgIpc) is 3.26. The molecule has 0 saturated heterocycles. The first kappa shape index (κ1) is 23.5. The lowest BCUT2D eigenvalue weighted by atomic mass is 10.2. The third-order valence-electron chi connectivity index (χ3n) is 4.75. The molecule has 0 bridgehead atoms. The molecule has 1 aliphatic heterocycles. The maximum Gasteiger partial charge on any atom is 0.410 e. The average molecular weight is 510 g/mol. The van der Waals surface area contributed by atoms with E-state index in [9.17, 15) is 13.2 Å². The summed E-state index contributed by atoms with van der Waals surface area (Å²) in [6.07, 6.45) is 1.93. The highest BCUT2D eigenvalue weighted by molar-refractivity contribution is 7.90. The molecular weight excluding hydrogens is 489 g/mol. The van der Waals surface area contributed by atoms with Gasteiger partial charge in [0, 0.05) is 18.0 Å². The SMILES string of the molecule is CC(C)(C)OC(=O)N1Cc2nc(-c3ccc(Cl)c(Cl)c3)n(-c3ccnc(S(C)(=O)=O)n3)c2C1. The Hall–Kier alpha value is -2.69. The molecule has 0 saturated carbocycles. The number of ether oxygens (including phenoxy) is 1. The van der Waals surface area contributed by atoms with Gasteiger partial charge in [-0.1, -0.05) is 23.2 Å². The predicted octanol–water partition coefficient (Wildman–Crippen LogP) is 4.29. The number of imidazole rings is 1. The third kappa shape index (κ3) is 4.83. The smallest absolute Gasteiger partial charge is 0.410 e. The van der Waals surface area contributed by atoms with Crippen molar-refractivity contribution in [1.82, 2.24) is 24.4 Å². The number of aromatic nitrogens is 4. The second-order valence-electron chi connectivity index (χ2n) is 8.60. The van der Waals surface area contributed by atoms with E-state index < -0.39 is 21.5 Å². The summed E-state index contributed by atoms with van der Waals surface area (Å²) >= 11 is 12.3. The zero-order chi connectivity index (χ0) is 24.1. The Labute approximate surface area is 201 Å². The quantitative estimate of drug-likeness (QED) is 0.484. The zero-order valence-corrected chi connectivity index (χ0v) is 20.7. The van der Waals surface area contributed by atoms with Gasteiger partial charge in [-0.3, -0.25) is 9.47 Å². The van der Waals surface area contributed by atoms with Crippen molar-refractivity contribution in [2.75, 3.05) is 6.26 Å². The minimum Gasteiger partial charge on any atom is -0.444 e. The third-order valence-corrected chi connectivity index (χ3v) is 6.34. The van der Waals surface area contributed by atoms with Crippen molar-refractivity contribution in [2.24, 2.45) is 0 Å². The number of carbonyl (C=O) groups is 1. The zero-order valence-electron chi connectivity index (χ0n) is 18.3. The summed E-state index contributed by atoms with van der Waals surface area (Å²) in [4.78, 5) is 27.0. The Bertz CT molecular complexity index is 1370. The minimum atomic E-state index is -3.64. The van der Waals surface area contributed by atoms with Gasteiger partial charge < -0.3 is 4.74 Å². The van der Waals surface area contributed by atoms with E-state index in [0.29, 0.717) is 38.6 Å². The lowest BCUT2D eigenvalue weighted by molar-refractivity contribution is 0.0238. The fourth-order valence-electron chi connectivity index (χ4n) is 3.37. The van der Waals surface area contributed by atoms with E-state index in [1.54, 1.807) is 49.6 Å². The normalized spacial score (nSPS) is 13.8. The molecule has 1 amide bonds. The molecule has 0 spiro atoms. The summed E-state index contributed by atoms with van der Waals surface area (Å²) in [6.45, 7) is 5.82. The van der Waals surface area contributed by atoms with Gasteiger partial charge in [0.05, 0.1) is 34.5 Å². The first-order chi connectivity index (χ1) is 15.3. The molecule has 0 radical (unpaired) electrons. The van der Waals surface area contributed by atoms with E-state index in [-0.39, 0.29) is 18.2 Å². The highest BCUT2D eigenvalue weighted by Crippen LogP contribution is 2.34. The van der Waals surface area contributed by atoms with Crippen LogP contribution in [0.15, 0.2) is 35.6 Å². The molecule has 4 rings (SSSR count). The predicted molar refractivity (Wildman–Crippen MR) is 123 cm³/mol. The highest BCUT2D eigenvalue weighted by Gasteiger charge is 2.34. The van der Waals surface area contributed by atoms with Crippen LogP contribution in [0.1, 0.15) is 32.2 Å². The summed E-state index contributed by atoms with van der Waals surface area (Å²) in [7, 11) is -3.64. The van der Waals surface area contributed by atoms with E-state index in [4.69, 9.17) is 32.9 Å². The van der Waals surface area contributed by atoms with Crippen molar-refractivity contribution in [3.8, 4) is 17.2 Å². The van der Waals surface area contributed by atoms with Gasteiger partial charge in [-0.15, -0.1) is 0 Å². The van der Waals surface area contributed by atoms with Gasteiger partial charge in [-0.25, -0.2) is 28.2 Å². The van der Waals surface area contributed by atoms with Crippen molar-refractivity contribution in [3.05, 3.63) is 51.9 Å². The molecule has 1 aromatic carbocycles. The molecule has 2 aromatic heterocycles. The van der Waals surface area contributed by atoms with Crippen LogP contribution in [0.4, 0.5) is 4.79 Å². The van der Waals surface area contributed by atoms with Crippen molar-refractivity contribution in [3.63, 3.8) is 0 Å². The van der Waals surface area contributed by atoms with Crippen molar-refractivity contribution < 1.29 is 17.9 Å². The lowest BCUT2D eigenvalue weighted by Crippen LogP contribution is -2.33. The Morgan fingerprint density at radius 1 is 1.09 bits per heavy atom. The second kappa shape index (κ2) is 8.27. The Kier molecular flexibility index (Phi) is 5.88. The molecule has 3 heterocycles.